The van der Waals surface area contributed by atoms with Gasteiger partial charge in [-0.05, 0) is 74.2 Å². The van der Waals surface area contributed by atoms with E-state index in [1.165, 1.54) is 14.0 Å². The van der Waals surface area contributed by atoms with Crippen molar-refractivity contribution in [1.29, 1.82) is 0 Å². The first-order valence-electron chi connectivity index (χ1n) is 12.1. The van der Waals surface area contributed by atoms with Crippen molar-refractivity contribution < 1.29 is 32.3 Å². The largest absolute Gasteiger partial charge is 0.497 e. The third kappa shape index (κ3) is 5.24. The van der Waals surface area contributed by atoms with Gasteiger partial charge in [0.2, 0.25) is 0 Å². The van der Waals surface area contributed by atoms with Crippen molar-refractivity contribution in [3.8, 4) is 5.75 Å². The highest BCUT2D eigenvalue weighted by molar-refractivity contribution is 7.99. The maximum atomic E-state index is 13.3. The lowest BCUT2D eigenvalue weighted by molar-refractivity contribution is -0.149. The Bertz CT molecular complexity index is 1330. The van der Waals surface area contributed by atoms with E-state index in [0.29, 0.717) is 55.0 Å². The van der Waals surface area contributed by atoms with Crippen LogP contribution in [0.2, 0.25) is 0 Å². The number of esters is 1. The maximum absolute atomic E-state index is 13.3. The van der Waals surface area contributed by atoms with Crippen molar-refractivity contribution in [3.63, 3.8) is 0 Å². The zero-order valence-electron chi connectivity index (χ0n) is 21.1. The average molecular weight is 527 g/mol. The van der Waals surface area contributed by atoms with Gasteiger partial charge in [-0.1, -0.05) is 12.1 Å². The molecule has 37 heavy (non-hydrogen) atoms. The van der Waals surface area contributed by atoms with Gasteiger partial charge in [0, 0.05) is 24.2 Å². The van der Waals surface area contributed by atoms with E-state index in [9.17, 15) is 22.8 Å². The summed E-state index contributed by atoms with van der Waals surface area (Å²) >= 11 is 0. The third-order valence-electron chi connectivity index (χ3n) is 6.64. The molecule has 0 spiro atoms. The number of nitrogens with zero attached hydrogens (tertiary/aromatic N) is 2. The van der Waals surface area contributed by atoms with Crippen molar-refractivity contribution in [2.75, 3.05) is 26.8 Å². The van der Waals surface area contributed by atoms with Crippen LogP contribution in [0.5, 0.6) is 5.75 Å². The second-order valence-corrected chi connectivity index (χ2v) is 10.8. The summed E-state index contributed by atoms with van der Waals surface area (Å²) in [6, 6.07) is 13.0. The Hall–Kier alpha value is -3.66. The SMILES string of the molecule is CCOC(=O)[C@@H]1CCCN(C(=O)c2ccc(CN3C(=O)C(C)=C(c4ccc(OC)cc4)S3(=O)=O)cc2)C1. The minimum atomic E-state index is -4.06. The van der Waals surface area contributed by atoms with E-state index in [1.807, 2.05) is 0 Å². The molecule has 0 unspecified atom stereocenters. The molecule has 2 amide bonds. The van der Waals surface area contributed by atoms with Gasteiger partial charge in [0.1, 0.15) is 10.7 Å². The molecule has 0 radical (unpaired) electrons. The molecule has 1 saturated heterocycles. The van der Waals surface area contributed by atoms with Crippen molar-refractivity contribution in [3.05, 3.63) is 70.8 Å². The number of methoxy groups -OCH3 is 1. The van der Waals surface area contributed by atoms with Gasteiger partial charge >= 0.3 is 5.97 Å². The number of rotatable bonds is 7. The molecule has 2 aromatic rings. The molecular formula is C27H30N2O7S. The van der Waals surface area contributed by atoms with Crippen molar-refractivity contribution in [2.24, 2.45) is 5.92 Å². The van der Waals surface area contributed by atoms with Crippen LogP contribution in [0.25, 0.3) is 4.91 Å². The van der Waals surface area contributed by atoms with Gasteiger partial charge in [-0.15, -0.1) is 0 Å². The topological polar surface area (TPSA) is 110 Å². The molecular weight excluding hydrogens is 496 g/mol. The van der Waals surface area contributed by atoms with E-state index in [0.717, 1.165) is 4.31 Å². The Morgan fingerprint density at radius 1 is 1.05 bits per heavy atom. The number of piperidine rings is 1. The second kappa shape index (κ2) is 10.8. The zero-order chi connectivity index (χ0) is 26.7. The summed E-state index contributed by atoms with van der Waals surface area (Å²) in [6.07, 6.45) is 1.40. The maximum Gasteiger partial charge on any atom is 0.310 e. The Kier molecular flexibility index (Phi) is 7.68. The van der Waals surface area contributed by atoms with E-state index in [-0.39, 0.29) is 34.8 Å². The molecule has 0 saturated carbocycles. The molecule has 0 aromatic heterocycles. The van der Waals surface area contributed by atoms with Gasteiger partial charge < -0.3 is 14.4 Å². The van der Waals surface area contributed by atoms with Crippen LogP contribution in [0.4, 0.5) is 0 Å². The molecule has 2 aliphatic heterocycles. The van der Waals surface area contributed by atoms with Crippen LogP contribution in [0.3, 0.4) is 0 Å². The lowest BCUT2D eigenvalue weighted by atomic mass is 9.97. The third-order valence-corrected chi connectivity index (χ3v) is 8.58. The van der Waals surface area contributed by atoms with Crippen LogP contribution in [0.1, 0.15) is 48.2 Å². The molecule has 0 N–H and O–H groups in total. The highest BCUT2D eigenvalue weighted by Gasteiger charge is 2.42. The van der Waals surface area contributed by atoms with Gasteiger partial charge in [-0.3, -0.25) is 14.4 Å². The van der Waals surface area contributed by atoms with Crippen LogP contribution in [-0.2, 0) is 30.9 Å². The number of likely N-dealkylation sites (tertiary alicyclic amines) is 1. The molecule has 0 bridgehead atoms. The van der Waals surface area contributed by atoms with Crippen molar-refractivity contribution >= 4 is 32.7 Å². The number of sulfonamides is 1. The predicted molar refractivity (Wildman–Crippen MR) is 137 cm³/mol. The lowest BCUT2D eigenvalue weighted by Gasteiger charge is -2.31. The molecule has 2 aromatic carbocycles. The normalized spacial score (nSPS) is 19.2. The first-order valence-corrected chi connectivity index (χ1v) is 13.6. The fourth-order valence-corrected chi connectivity index (χ4v) is 6.48. The monoisotopic (exact) mass is 526 g/mol. The molecule has 2 heterocycles. The summed E-state index contributed by atoms with van der Waals surface area (Å²) in [7, 11) is -2.54. The number of carbonyl (C=O) groups excluding carboxylic acids is 3. The van der Waals surface area contributed by atoms with Crippen LogP contribution in [-0.4, -0.2) is 62.2 Å². The Labute approximate surface area is 216 Å². The number of carbonyl (C=O) groups is 3. The number of hydrogen-bond donors (Lipinski definition) is 0. The summed E-state index contributed by atoms with van der Waals surface area (Å²) in [4.78, 5) is 39.7. The first-order chi connectivity index (χ1) is 17.7. The highest BCUT2D eigenvalue weighted by Crippen LogP contribution is 2.37. The zero-order valence-corrected chi connectivity index (χ0v) is 21.9. The molecule has 1 atom stereocenters. The Morgan fingerprint density at radius 2 is 1.73 bits per heavy atom. The first kappa shape index (κ1) is 26.4. The van der Waals surface area contributed by atoms with Gasteiger partial charge in [0.25, 0.3) is 21.8 Å². The molecule has 10 heteroatoms. The van der Waals surface area contributed by atoms with Crippen LogP contribution in [0.15, 0.2) is 54.1 Å². The Balaban J connectivity index is 1.47. The summed E-state index contributed by atoms with van der Waals surface area (Å²) < 4.78 is 37.7. The highest BCUT2D eigenvalue weighted by atomic mass is 32.2. The van der Waals surface area contributed by atoms with Crippen molar-refractivity contribution in [2.45, 2.75) is 33.2 Å². The molecule has 0 aliphatic carbocycles. The van der Waals surface area contributed by atoms with E-state index < -0.39 is 15.9 Å². The summed E-state index contributed by atoms with van der Waals surface area (Å²) in [5.74, 6) is -0.825. The number of benzene rings is 2. The van der Waals surface area contributed by atoms with Crippen LogP contribution >= 0.6 is 0 Å². The summed E-state index contributed by atoms with van der Waals surface area (Å²) in [5, 5.41) is 0. The fourth-order valence-electron chi connectivity index (χ4n) is 4.68. The quantitative estimate of drug-likeness (QED) is 0.510. The van der Waals surface area contributed by atoms with E-state index in [1.54, 1.807) is 60.4 Å². The predicted octanol–water partition coefficient (Wildman–Crippen LogP) is 3.21. The standard InChI is InChI=1S/C27H30N2O7S/c1-4-36-27(32)22-6-5-15-28(17-22)26(31)21-9-7-19(8-10-21)16-29-25(30)18(2)24(37(29,33)34)20-11-13-23(35-3)14-12-20/h7-14,22H,4-6,15-17H2,1-3H3/t22-/m1/s1. The lowest BCUT2D eigenvalue weighted by Crippen LogP contribution is -2.42. The number of hydrogen-bond acceptors (Lipinski definition) is 7. The molecule has 196 valence electrons. The Morgan fingerprint density at radius 3 is 2.35 bits per heavy atom. The second-order valence-electron chi connectivity index (χ2n) is 9.04. The number of ether oxygens (including phenoxy) is 2. The molecule has 1 fully saturated rings. The molecule has 4 rings (SSSR count). The van der Waals surface area contributed by atoms with Gasteiger partial charge in [-0.25, -0.2) is 12.7 Å². The van der Waals surface area contributed by atoms with Gasteiger partial charge in [0.05, 0.1) is 26.2 Å². The molecule has 2 aliphatic rings. The average Bonchev–Trinajstić information content (AvgIpc) is 3.07. The minimum absolute atomic E-state index is 0.0202. The van der Waals surface area contributed by atoms with E-state index in [4.69, 9.17) is 9.47 Å². The van der Waals surface area contributed by atoms with Crippen LogP contribution in [0, 0.1) is 5.92 Å². The van der Waals surface area contributed by atoms with Gasteiger partial charge in [0.15, 0.2) is 0 Å². The van der Waals surface area contributed by atoms with Gasteiger partial charge in [-0.2, -0.15) is 0 Å². The van der Waals surface area contributed by atoms with Crippen LogP contribution < -0.4 is 4.74 Å². The minimum Gasteiger partial charge on any atom is -0.497 e. The number of amides is 2. The smallest absolute Gasteiger partial charge is 0.310 e. The summed E-state index contributed by atoms with van der Waals surface area (Å²) in [5.41, 5.74) is 1.56. The van der Waals surface area contributed by atoms with E-state index >= 15 is 0 Å². The molecule has 9 nitrogen and oxygen atoms in total. The van der Waals surface area contributed by atoms with Crippen molar-refractivity contribution in [1.82, 2.24) is 9.21 Å². The van der Waals surface area contributed by atoms with E-state index in [2.05, 4.69) is 0 Å². The summed E-state index contributed by atoms with van der Waals surface area (Å²) in [6.45, 7) is 4.26. The fraction of sp³-hybridized carbons (Fsp3) is 0.370.